The molecule has 1 aromatic rings. The van der Waals surface area contributed by atoms with Crippen molar-refractivity contribution in [3.8, 4) is 0 Å². The Kier molecular flexibility index (Phi) is 4.68. The topological polar surface area (TPSA) is 92.4 Å². The zero-order chi connectivity index (χ0) is 12.8. The van der Waals surface area contributed by atoms with Crippen LogP contribution in [0.5, 0.6) is 0 Å². The number of hydrogen-bond donors (Lipinski definition) is 2. The first kappa shape index (κ1) is 13.2. The lowest BCUT2D eigenvalue weighted by Gasteiger charge is -2.15. The molecule has 0 saturated heterocycles. The number of nitrogens with zero attached hydrogens (tertiary/aromatic N) is 1. The second-order valence-corrected chi connectivity index (χ2v) is 4.19. The fraction of sp³-hybridized carbons (Fsp3) is 0.545. The van der Waals surface area contributed by atoms with Crippen LogP contribution in [0.1, 0.15) is 26.2 Å². The van der Waals surface area contributed by atoms with Crippen molar-refractivity contribution < 1.29 is 19.1 Å². The minimum atomic E-state index is -1.03. The van der Waals surface area contributed by atoms with Crippen molar-refractivity contribution in [1.29, 1.82) is 0 Å². The van der Waals surface area contributed by atoms with Crippen molar-refractivity contribution in [3.05, 3.63) is 18.4 Å². The summed E-state index contributed by atoms with van der Waals surface area (Å²) < 4.78 is 4.91. The van der Waals surface area contributed by atoms with Crippen molar-refractivity contribution >= 4 is 11.9 Å². The van der Waals surface area contributed by atoms with E-state index in [2.05, 4.69) is 10.3 Å². The van der Waals surface area contributed by atoms with E-state index in [1.54, 1.807) is 0 Å². The SMILES string of the molecule is CC(C)C[C@@H](NC(=O)Cc1ncco1)C(=O)O. The number of oxazole rings is 1. The van der Waals surface area contributed by atoms with E-state index in [-0.39, 0.29) is 18.2 Å². The molecule has 17 heavy (non-hydrogen) atoms. The molecule has 0 aliphatic heterocycles. The number of aliphatic carboxylic acids is 1. The minimum Gasteiger partial charge on any atom is -0.480 e. The Labute approximate surface area is 99.0 Å². The molecule has 2 N–H and O–H groups in total. The standard InChI is InChI=1S/C11H16N2O4/c1-7(2)5-8(11(15)16)13-9(14)6-10-12-3-4-17-10/h3-4,7-8H,5-6H2,1-2H3,(H,13,14)(H,15,16)/t8-/m1/s1. The fourth-order valence-corrected chi connectivity index (χ4v) is 1.42. The number of carbonyl (C=O) groups is 2. The van der Waals surface area contributed by atoms with E-state index < -0.39 is 17.9 Å². The number of hydrogen-bond acceptors (Lipinski definition) is 4. The maximum atomic E-state index is 11.5. The summed E-state index contributed by atoms with van der Waals surface area (Å²) in [6.07, 6.45) is 3.15. The Hall–Kier alpha value is -1.85. The molecular formula is C11H16N2O4. The van der Waals surface area contributed by atoms with Crippen molar-refractivity contribution in [3.63, 3.8) is 0 Å². The molecule has 0 aliphatic rings. The molecule has 0 spiro atoms. The average Bonchev–Trinajstić information content (AvgIpc) is 2.68. The van der Waals surface area contributed by atoms with Crippen LogP contribution in [-0.2, 0) is 16.0 Å². The summed E-state index contributed by atoms with van der Waals surface area (Å²) >= 11 is 0. The Morgan fingerprint density at radius 3 is 2.71 bits per heavy atom. The highest BCUT2D eigenvalue weighted by molar-refractivity contribution is 5.84. The third-order valence-electron chi connectivity index (χ3n) is 2.14. The van der Waals surface area contributed by atoms with Gasteiger partial charge in [0.1, 0.15) is 18.7 Å². The van der Waals surface area contributed by atoms with Gasteiger partial charge in [0.2, 0.25) is 11.8 Å². The van der Waals surface area contributed by atoms with Crippen LogP contribution >= 0.6 is 0 Å². The Balaban J connectivity index is 2.49. The first-order chi connectivity index (χ1) is 7.99. The zero-order valence-electron chi connectivity index (χ0n) is 9.84. The number of amides is 1. The third-order valence-corrected chi connectivity index (χ3v) is 2.14. The first-order valence-corrected chi connectivity index (χ1v) is 5.39. The summed E-state index contributed by atoms with van der Waals surface area (Å²) in [5.41, 5.74) is 0. The summed E-state index contributed by atoms with van der Waals surface area (Å²) in [4.78, 5) is 26.2. The molecule has 0 radical (unpaired) electrons. The summed E-state index contributed by atoms with van der Waals surface area (Å²) in [5, 5.41) is 11.4. The number of rotatable bonds is 6. The Bertz CT molecular complexity index is 373. The number of aromatic nitrogens is 1. The second-order valence-electron chi connectivity index (χ2n) is 4.19. The van der Waals surface area contributed by atoms with Crippen LogP contribution in [-0.4, -0.2) is 28.0 Å². The van der Waals surface area contributed by atoms with E-state index >= 15 is 0 Å². The highest BCUT2D eigenvalue weighted by Gasteiger charge is 2.21. The molecule has 6 heteroatoms. The molecule has 1 amide bonds. The maximum absolute atomic E-state index is 11.5. The first-order valence-electron chi connectivity index (χ1n) is 5.39. The summed E-state index contributed by atoms with van der Waals surface area (Å²) in [6, 6.07) is -0.863. The zero-order valence-corrected chi connectivity index (χ0v) is 9.84. The van der Waals surface area contributed by atoms with E-state index in [0.717, 1.165) is 0 Å². The van der Waals surface area contributed by atoms with Gasteiger partial charge in [0, 0.05) is 0 Å². The van der Waals surface area contributed by atoms with Crippen LogP contribution in [0.4, 0.5) is 0 Å². The highest BCUT2D eigenvalue weighted by Crippen LogP contribution is 2.05. The van der Waals surface area contributed by atoms with Crippen molar-refractivity contribution in [2.24, 2.45) is 5.92 Å². The molecule has 6 nitrogen and oxygen atoms in total. The van der Waals surface area contributed by atoms with Gasteiger partial charge in [0.15, 0.2) is 0 Å². The Morgan fingerprint density at radius 2 is 2.24 bits per heavy atom. The lowest BCUT2D eigenvalue weighted by molar-refractivity contribution is -0.142. The number of carbonyl (C=O) groups excluding carboxylic acids is 1. The lowest BCUT2D eigenvalue weighted by atomic mass is 10.0. The van der Waals surface area contributed by atoms with Crippen LogP contribution in [0.2, 0.25) is 0 Å². The second kappa shape index (κ2) is 6.03. The monoisotopic (exact) mass is 240 g/mol. The van der Waals surface area contributed by atoms with E-state index in [1.165, 1.54) is 12.5 Å². The predicted octanol–water partition coefficient (Wildman–Crippen LogP) is 0.833. The van der Waals surface area contributed by atoms with Crippen molar-refractivity contribution in [1.82, 2.24) is 10.3 Å². The Morgan fingerprint density at radius 1 is 1.53 bits per heavy atom. The highest BCUT2D eigenvalue weighted by atomic mass is 16.4. The smallest absolute Gasteiger partial charge is 0.326 e. The van der Waals surface area contributed by atoms with Crippen LogP contribution in [0.25, 0.3) is 0 Å². The molecule has 1 rings (SSSR count). The number of carboxylic acid groups (broad SMARTS) is 1. The number of nitrogens with one attached hydrogen (secondary N) is 1. The van der Waals surface area contributed by atoms with Crippen LogP contribution in [0.15, 0.2) is 16.9 Å². The molecule has 0 fully saturated rings. The molecule has 1 atom stereocenters. The van der Waals surface area contributed by atoms with Gasteiger partial charge in [0.05, 0.1) is 6.20 Å². The molecule has 0 bridgehead atoms. The van der Waals surface area contributed by atoms with Gasteiger partial charge in [0.25, 0.3) is 0 Å². The average molecular weight is 240 g/mol. The summed E-state index contributed by atoms with van der Waals surface area (Å²) in [7, 11) is 0. The van der Waals surface area contributed by atoms with Crippen LogP contribution < -0.4 is 5.32 Å². The lowest BCUT2D eigenvalue weighted by Crippen LogP contribution is -2.42. The van der Waals surface area contributed by atoms with Gasteiger partial charge in [-0.1, -0.05) is 13.8 Å². The maximum Gasteiger partial charge on any atom is 0.326 e. The molecule has 94 valence electrons. The predicted molar refractivity (Wildman–Crippen MR) is 59.2 cm³/mol. The third kappa shape index (κ3) is 4.67. The van der Waals surface area contributed by atoms with Crippen LogP contribution in [0, 0.1) is 5.92 Å². The van der Waals surface area contributed by atoms with Gasteiger partial charge in [-0.3, -0.25) is 4.79 Å². The van der Waals surface area contributed by atoms with E-state index in [0.29, 0.717) is 6.42 Å². The van der Waals surface area contributed by atoms with Gasteiger partial charge in [-0.25, -0.2) is 9.78 Å². The van der Waals surface area contributed by atoms with Gasteiger partial charge in [-0.15, -0.1) is 0 Å². The van der Waals surface area contributed by atoms with Gasteiger partial charge in [-0.05, 0) is 12.3 Å². The van der Waals surface area contributed by atoms with Gasteiger partial charge < -0.3 is 14.8 Å². The van der Waals surface area contributed by atoms with E-state index in [4.69, 9.17) is 9.52 Å². The molecule has 0 saturated carbocycles. The van der Waals surface area contributed by atoms with Crippen molar-refractivity contribution in [2.45, 2.75) is 32.7 Å². The molecular weight excluding hydrogens is 224 g/mol. The molecule has 1 heterocycles. The minimum absolute atomic E-state index is 0.0468. The summed E-state index contributed by atoms with van der Waals surface area (Å²) in [5.74, 6) is -0.964. The quantitative estimate of drug-likeness (QED) is 0.768. The van der Waals surface area contributed by atoms with E-state index in [9.17, 15) is 9.59 Å². The number of carboxylic acids is 1. The molecule has 0 aromatic carbocycles. The largest absolute Gasteiger partial charge is 0.480 e. The van der Waals surface area contributed by atoms with Gasteiger partial charge >= 0.3 is 5.97 Å². The fourth-order valence-electron chi connectivity index (χ4n) is 1.42. The summed E-state index contributed by atoms with van der Waals surface area (Å²) in [6.45, 7) is 3.80. The normalized spacial score (nSPS) is 12.4. The van der Waals surface area contributed by atoms with Gasteiger partial charge in [-0.2, -0.15) is 0 Å². The van der Waals surface area contributed by atoms with Crippen molar-refractivity contribution in [2.75, 3.05) is 0 Å². The molecule has 0 aliphatic carbocycles. The molecule has 1 aromatic heterocycles. The molecule has 0 unspecified atom stereocenters. The van der Waals surface area contributed by atoms with E-state index in [1.807, 2.05) is 13.8 Å². The van der Waals surface area contributed by atoms with Crippen LogP contribution in [0.3, 0.4) is 0 Å².